The number of nitrogens with zero attached hydrogens (tertiary/aromatic N) is 3. The summed E-state index contributed by atoms with van der Waals surface area (Å²) in [6.45, 7) is 4.53. The average molecular weight is 485 g/mol. The number of nitrogens with one attached hydrogen (secondary N) is 1. The van der Waals surface area contributed by atoms with Crippen molar-refractivity contribution < 1.29 is 14.1 Å². The van der Waals surface area contributed by atoms with E-state index in [9.17, 15) is 9.59 Å². The molecule has 0 aliphatic carbocycles. The Labute approximate surface area is 202 Å². The van der Waals surface area contributed by atoms with E-state index in [4.69, 9.17) is 16.1 Å². The third kappa shape index (κ3) is 6.16. The van der Waals surface area contributed by atoms with Gasteiger partial charge in [0.2, 0.25) is 5.91 Å². The second kappa shape index (κ2) is 10.9. The van der Waals surface area contributed by atoms with Crippen molar-refractivity contribution in [3.8, 4) is 0 Å². The van der Waals surface area contributed by atoms with Crippen LogP contribution in [0.15, 0.2) is 64.0 Å². The quantitative estimate of drug-likeness (QED) is 0.503. The first-order valence-corrected chi connectivity index (χ1v) is 12.1. The maximum absolute atomic E-state index is 13.2. The fourth-order valence-electron chi connectivity index (χ4n) is 3.64. The minimum atomic E-state index is -0.118. The number of hydrogen-bond donors (Lipinski definition) is 1. The molecule has 1 aliphatic rings. The normalized spacial score (nSPS) is 14.3. The third-order valence-corrected chi connectivity index (χ3v) is 6.78. The molecule has 1 aliphatic heterocycles. The van der Waals surface area contributed by atoms with Crippen molar-refractivity contribution in [2.75, 3.05) is 38.0 Å². The molecular weight excluding hydrogens is 460 g/mol. The van der Waals surface area contributed by atoms with Gasteiger partial charge in [0.25, 0.3) is 5.91 Å². The van der Waals surface area contributed by atoms with Gasteiger partial charge in [-0.2, -0.15) is 0 Å². The zero-order chi connectivity index (χ0) is 23.2. The highest BCUT2D eigenvalue weighted by Crippen LogP contribution is 2.27. The van der Waals surface area contributed by atoms with Crippen LogP contribution in [0.4, 0.5) is 5.69 Å². The Morgan fingerprint density at radius 1 is 1.09 bits per heavy atom. The number of aromatic nitrogens is 1. The molecule has 0 bridgehead atoms. The van der Waals surface area contributed by atoms with Gasteiger partial charge in [0.15, 0.2) is 0 Å². The zero-order valence-electron chi connectivity index (χ0n) is 18.3. The molecule has 4 rings (SSSR count). The van der Waals surface area contributed by atoms with Crippen LogP contribution in [0.25, 0.3) is 0 Å². The summed E-state index contributed by atoms with van der Waals surface area (Å²) < 4.78 is 5.12. The van der Waals surface area contributed by atoms with E-state index in [1.54, 1.807) is 23.9 Å². The molecule has 0 saturated carbocycles. The van der Waals surface area contributed by atoms with Crippen molar-refractivity contribution >= 4 is 40.9 Å². The highest BCUT2D eigenvalue weighted by molar-refractivity contribution is 7.98. The number of halogens is 1. The Hall–Kier alpha value is -2.81. The predicted molar refractivity (Wildman–Crippen MR) is 130 cm³/mol. The second-order valence-corrected chi connectivity index (χ2v) is 9.23. The highest BCUT2D eigenvalue weighted by Gasteiger charge is 2.25. The summed E-state index contributed by atoms with van der Waals surface area (Å²) in [5.74, 6) is 1.30. The molecule has 1 saturated heterocycles. The molecule has 0 unspecified atom stereocenters. The van der Waals surface area contributed by atoms with Crippen LogP contribution in [0.2, 0.25) is 5.02 Å². The standard InChI is InChI=1S/C24H25ClN4O3S/c1-17-14-18(27-32-17)16-33-22-9-5-2-6-19(22)24(31)29-12-10-28(11-13-29)15-23(30)26-21-8-4-3-7-20(21)25/h2-9,14H,10-13,15-16H2,1H3,(H,26,30). The summed E-state index contributed by atoms with van der Waals surface area (Å²) in [7, 11) is 0. The van der Waals surface area contributed by atoms with Crippen molar-refractivity contribution in [1.82, 2.24) is 15.0 Å². The molecule has 1 fully saturated rings. The van der Waals surface area contributed by atoms with Gasteiger partial charge in [-0.3, -0.25) is 14.5 Å². The Bertz CT molecular complexity index is 1130. The van der Waals surface area contributed by atoms with Crippen molar-refractivity contribution in [3.05, 3.63) is 76.6 Å². The van der Waals surface area contributed by atoms with Crippen molar-refractivity contribution in [3.63, 3.8) is 0 Å². The van der Waals surface area contributed by atoms with E-state index in [-0.39, 0.29) is 18.4 Å². The van der Waals surface area contributed by atoms with Crippen LogP contribution in [0.1, 0.15) is 21.8 Å². The van der Waals surface area contributed by atoms with Gasteiger partial charge in [0.05, 0.1) is 28.5 Å². The fraction of sp³-hybridized carbons (Fsp3) is 0.292. The van der Waals surface area contributed by atoms with Gasteiger partial charge in [-0.05, 0) is 31.2 Å². The number of carbonyl (C=O) groups excluding carboxylic acids is 2. The average Bonchev–Trinajstić information content (AvgIpc) is 3.24. The van der Waals surface area contributed by atoms with Gasteiger partial charge in [-0.25, -0.2) is 0 Å². The maximum atomic E-state index is 13.2. The molecule has 172 valence electrons. The van der Waals surface area contributed by atoms with Gasteiger partial charge in [-0.1, -0.05) is 41.0 Å². The van der Waals surface area contributed by atoms with Crippen molar-refractivity contribution in [1.29, 1.82) is 0 Å². The molecule has 33 heavy (non-hydrogen) atoms. The SMILES string of the molecule is Cc1cc(CSc2ccccc2C(=O)N2CCN(CC(=O)Nc3ccccc3Cl)CC2)no1. The van der Waals surface area contributed by atoms with E-state index in [0.29, 0.717) is 48.2 Å². The lowest BCUT2D eigenvalue weighted by atomic mass is 10.2. The number of aryl methyl sites for hydroxylation is 1. The van der Waals surface area contributed by atoms with E-state index in [1.165, 1.54) is 0 Å². The smallest absolute Gasteiger partial charge is 0.255 e. The Morgan fingerprint density at radius 3 is 2.55 bits per heavy atom. The Kier molecular flexibility index (Phi) is 7.69. The molecule has 7 nitrogen and oxygen atoms in total. The summed E-state index contributed by atoms with van der Waals surface area (Å²) >= 11 is 7.68. The molecular formula is C24H25ClN4O3S. The molecule has 0 radical (unpaired) electrons. The maximum Gasteiger partial charge on any atom is 0.255 e. The number of amides is 2. The lowest BCUT2D eigenvalue weighted by molar-refractivity contribution is -0.117. The van der Waals surface area contributed by atoms with Crippen LogP contribution in [-0.2, 0) is 10.5 Å². The van der Waals surface area contributed by atoms with Crippen LogP contribution < -0.4 is 5.32 Å². The van der Waals surface area contributed by atoms with Crippen LogP contribution in [0.3, 0.4) is 0 Å². The molecule has 1 N–H and O–H groups in total. The first kappa shape index (κ1) is 23.4. The molecule has 1 aromatic heterocycles. The Balaban J connectivity index is 1.30. The number of carbonyl (C=O) groups is 2. The molecule has 9 heteroatoms. The van der Waals surface area contributed by atoms with E-state index in [0.717, 1.165) is 16.3 Å². The number of hydrogen-bond acceptors (Lipinski definition) is 6. The van der Waals surface area contributed by atoms with Gasteiger partial charge in [0.1, 0.15) is 5.76 Å². The number of anilines is 1. The van der Waals surface area contributed by atoms with Crippen LogP contribution in [0.5, 0.6) is 0 Å². The molecule has 3 aromatic rings. The largest absolute Gasteiger partial charge is 0.361 e. The van der Waals surface area contributed by atoms with Gasteiger partial charge < -0.3 is 14.7 Å². The first-order valence-electron chi connectivity index (χ1n) is 10.7. The molecule has 0 atom stereocenters. The predicted octanol–water partition coefficient (Wildman–Crippen LogP) is 4.33. The van der Waals surface area contributed by atoms with Crippen LogP contribution in [-0.4, -0.2) is 59.5 Å². The summed E-state index contributed by atoms with van der Waals surface area (Å²) in [6.07, 6.45) is 0. The van der Waals surface area contributed by atoms with Crippen LogP contribution >= 0.6 is 23.4 Å². The third-order valence-electron chi connectivity index (χ3n) is 5.34. The minimum Gasteiger partial charge on any atom is -0.361 e. The monoisotopic (exact) mass is 484 g/mol. The summed E-state index contributed by atoms with van der Waals surface area (Å²) in [6, 6.07) is 16.7. The summed E-state index contributed by atoms with van der Waals surface area (Å²) in [5, 5.41) is 7.38. The summed E-state index contributed by atoms with van der Waals surface area (Å²) in [4.78, 5) is 30.4. The van der Waals surface area contributed by atoms with E-state index in [1.807, 2.05) is 59.2 Å². The Morgan fingerprint density at radius 2 is 1.82 bits per heavy atom. The lowest BCUT2D eigenvalue weighted by Crippen LogP contribution is -2.50. The number of para-hydroxylation sites is 1. The molecule has 0 spiro atoms. The first-order chi connectivity index (χ1) is 16.0. The fourth-order valence-corrected chi connectivity index (χ4v) is 4.75. The number of thioether (sulfide) groups is 1. The summed E-state index contributed by atoms with van der Waals surface area (Å²) in [5.41, 5.74) is 2.14. The van der Waals surface area contributed by atoms with Crippen molar-refractivity contribution in [2.45, 2.75) is 17.6 Å². The minimum absolute atomic E-state index is 0.00889. The van der Waals surface area contributed by atoms with Crippen molar-refractivity contribution in [2.24, 2.45) is 0 Å². The topological polar surface area (TPSA) is 78.7 Å². The highest BCUT2D eigenvalue weighted by atomic mass is 35.5. The van der Waals surface area contributed by atoms with Crippen LogP contribution in [0, 0.1) is 6.92 Å². The zero-order valence-corrected chi connectivity index (χ0v) is 19.9. The molecule has 2 amide bonds. The number of benzene rings is 2. The number of rotatable bonds is 7. The molecule has 2 heterocycles. The number of piperazine rings is 1. The van der Waals surface area contributed by atoms with Gasteiger partial charge in [-0.15, -0.1) is 11.8 Å². The van der Waals surface area contributed by atoms with E-state index < -0.39 is 0 Å². The van der Waals surface area contributed by atoms with E-state index in [2.05, 4.69) is 10.5 Å². The second-order valence-electron chi connectivity index (χ2n) is 7.81. The molecule has 2 aromatic carbocycles. The lowest BCUT2D eigenvalue weighted by Gasteiger charge is -2.34. The van der Waals surface area contributed by atoms with Gasteiger partial charge >= 0.3 is 0 Å². The van der Waals surface area contributed by atoms with E-state index >= 15 is 0 Å². The van der Waals surface area contributed by atoms with Gasteiger partial charge in [0, 0.05) is 42.9 Å².